The Morgan fingerprint density at radius 2 is 2.06 bits per heavy atom. The van der Waals surface area contributed by atoms with Crippen LogP contribution in [-0.4, -0.2) is 24.1 Å². The van der Waals surface area contributed by atoms with Gasteiger partial charge in [-0.1, -0.05) is 22.0 Å². The van der Waals surface area contributed by atoms with E-state index in [1.807, 2.05) is 52.0 Å². The van der Waals surface area contributed by atoms with Crippen molar-refractivity contribution in [3.8, 4) is 5.75 Å². The molecule has 2 unspecified atom stereocenters. The van der Waals surface area contributed by atoms with Crippen molar-refractivity contribution in [3.63, 3.8) is 0 Å². The van der Waals surface area contributed by atoms with Crippen molar-refractivity contribution in [2.75, 3.05) is 6.61 Å². The molecule has 1 aliphatic rings. The third kappa shape index (κ3) is 3.05. The molecular formula is C14H19BrO3. The molecule has 1 aromatic rings. The van der Waals surface area contributed by atoms with Gasteiger partial charge >= 0.3 is 0 Å². The molecule has 0 aliphatic carbocycles. The van der Waals surface area contributed by atoms with Crippen LogP contribution >= 0.6 is 15.9 Å². The van der Waals surface area contributed by atoms with Crippen LogP contribution in [-0.2, 0) is 9.47 Å². The van der Waals surface area contributed by atoms with Gasteiger partial charge in [0.15, 0.2) is 11.4 Å². The van der Waals surface area contributed by atoms with Crippen LogP contribution in [0.15, 0.2) is 28.7 Å². The molecule has 1 fully saturated rings. The molecule has 1 aliphatic heterocycles. The molecule has 100 valence electrons. The zero-order chi connectivity index (χ0) is 13.4. The first-order valence-electron chi connectivity index (χ1n) is 6.07. The monoisotopic (exact) mass is 314 g/mol. The molecule has 0 N–H and O–H groups in total. The highest BCUT2D eigenvalue weighted by atomic mass is 79.9. The Labute approximate surface area is 117 Å². The molecule has 0 radical (unpaired) electrons. The van der Waals surface area contributed by atoms with Gasteiger partial charge in [-0.2, -0.15) is 0 Å². The van der Waals surface area contributed by atoms with Crippen molar-refractivity contribution in [2.24, 2.45) is 0 Å². The second-order valence-corrected chi connectivity index (χ2v) is 6.24. The lowest BCUT2D eigenvalue weighted by atomic mass is 9.99. The Morgan fingerprint density at radius 3 is 2.67 bits per heavy atom. The van der Waals surface area contributed by atoms with Gasteiger partial charge in [-0.05, 0) is 45.9 Å². The Hall–Kier alpha value is -0.580. The van der Waals surface area contributed by atoms with E-state index >= 15 is 0 Å². The third-order valence-corrected chi connectivity index (χ3v) is 3.67. The lowest BCUT2D eigenvalue weighted by Gasteiger charge is -2.45. The van der Waals surface area contributed by atoms with Gasteiger partial charge in [0.2, 0.25) is 0 Å². The van der Waals surface area contributed by atoms with Crippen LogP contribution in [0.25, 0.3) is 0 Å². The molecule has 3 nitrogen and oxygen atoms in total. The zero-order valence-electron chi connectivity index (χ0n) is 11.2. The van der Waals surface area contributed by atoms with Crippen LogP contribution < -0.4 is 4.74 Å². The minimum absolute atomic E-state index is 0.0415. The van der Waals surface area contributed by atoms with E-state index in [4.69, 9.17) is 14.2 Å². The fourth-order valence-electron chi connectivity index (χ4n) is 1.93. The summed E-state index contributed by atoms with van der Waals surface area (Å²) in [5.74, 6) is 0.269. The minimum atomic E-state index is -0.542. The van der Waals surface area contributed by atoms with E-state index in [-0.39, 0.29) is 6.10 Å². The molecule has 0 bridgehead atoms. The van der Waals surface area contributed by atoms with Gasteiger partial charge in [0.05, 0.1) is 12.7 Å². The number of benzene rings is 1. The van der Waals surface area contributed by atoms with E-state index in [0.717, 1.165) is 10.2 Å². The maximum atomic E-state index is 6.05. The number of halogens is 1. The first-order valence-corrected chi connectivity index (χ1v) is 6.86. The van der Waals surface area contributed by atoms with Crippen molar-refractivity contribution in [3.05, 3.63) is 28.7 Å². The van der Waals surface area contributed by atoms with Crippen molar-refractivity contribution in [2.45, 2.75) is 45.2 Å². The average molecular weight is 315 g/mol. The van der Waals surface area contributed by atoms with Gasteiger partial charge in [0.25, 0.3) is 0 Å². The fourth-order valence-corrected chi connectivity index (χ4v) is 2.31. The standard InChI is InChI=1S/C14H19BrO3/c1-10-14(4,9-16-13(2,3)17-10)18-12-7-5-6-11(15)8-12/h5-8,10H,9H2,1-4H3. The molecule has 2 rings (SSSR count). The van der Waals surface area contributed by atoms with Crippen LogP contribution in [0.1, 0.15) is 27.7 Å². The van der Waals surface area contributed by atoms with Crippen LogP contribution in [0, 0.1) is 0 Å². The summed E-state index contributed by atoms with van der Waals surface area (Å²) in [7, 11) is 0. The third-order valence-electron chi connectivity index (χ3n) is 3.17. The number of hydrogen-bond donors (Lipinski definition) is 0. The maximum absolute atomic E-state index is 6.05. The molecule has 0 amide bonds. The molecule has 18 heavy (non-hydrogen) atoms. The molecule has 4 heteroatoms. The summed E-state index contributed by atoms with van der Waals surface area (Å²) in [6.07, 6.45) is -0.0415. The van der Waals surface area contributed by atoms with E-state index in [9.17, 15) is 0 Å². The number of hydrogen-bond acceptors (Lipinski definition) is 3. The second kappa shape index (κ2) is 4.83. The topological polar surface area (TPSA) is 27.7 Å². The van der Waals surface area contributed by atoms with E-state index in [0.29, 0.717) is 6.61 Å². The summed E-state index contributed by atoms with van der Waals surface area (Å²) in [5, 5.41) is 0. The lowest BCUT2D eigenvalue weighted by Crippen LogP contribution is -2.57. The molecule has 1 saturated heterocycles. The molecular weight excluding hydrogens is 296 g/mol. The first-order chi connectivity index (χ1) is 8.31. The Bertz CT molecular complexity index is 433. The van der Waals surface area contributed by atoms with Gasteiger partial charge in [-0.3, -0.25) is 0 Å². The predicted octanol–water partition coefficient (Wildman–Crippen LogP) is 3.76. The maximum Gasteiger partial charge on any atom is 0.163 e. The highest BCUT2D eigenvalue weighted by Crippen LogP contribution is 2.33. The quantitative estimate of drug-likeness (QED) is 0.832. The second-order valence-electron chi connectivity index (χ2n) is 5.32. The van der Waals surface area contributed by atoms with Crippen molar-refractivity contribution in [1.82, 2.24) is 0 Å². The highest BCUT2D eigenvalue weighted by molar-refractivity contribution is 9.10. The van der Waals surface area contributed by atoms with Gasteiger partial charge < -0.3 is 14.2 Å². The van der Waals surface area contributed by atoms with Crippen LogP contribution in [0.2, 0.25) is 0 Å². The summed E-state index contributed by atoms with van der Waals surface area (Å²) in [5.41, 5.74) is -0.476. The van der Waals surface area contributed by atoms with Gasteiger partial charge in [-0.25, -0.2) is 0 Å². The first kappa shape index (κ1) is 13.8. The van der Waals surface area contributed by atoms with Crippen molar-refractivity contribution in [1.29, 1.82) is 0 Å². The fraction of sp³-hybridized carbons (Fsp3) is 0.571. The summed E-state index contributed by atoms with van der Waals surface area (Å²) in [6.45, 7) is 8.37. The average Bonchev–Trinajstić information content (AvgIpc) is 2.24. The highest BCUT2D eigenvalue weighted by Gasteiger charge is 2.44. The SMILES string of the molecule is CC1OC(C)(C)OCC1(C)Oc1cccc(Br)c1. The van der Waals surface area contributed by atoms with E-state index in [2.05, 4.69) is 15.9 Å². The van der Waals surface area contributed by atoms with E-state index in [1.54, 1.807) is 0 Å². The van der Waals surface area contributed by atoms with Crippen LogP contribution in [0.5, 0.6) is 5.75 Å². The zero-order valence-corrected chi connectivity index (χ0v) is 12.8. The summed E-state index contributed by atoms with van der Waals surface area (Å²) < 4.78 is 18.6. The molecule has 0 aromatic heterocycles. The molecule has 1 aromatic carbocycles. The molecule has 0 spiro atoms. The van der Waals surface area contributed by atoms with Crippen molar-refractivity contribution < 1.29 is 14.2 Å². The van der Waals surface area contributed by atoms with Crippen LogP contribution in [0.4, 0.5) is 0 Å². The van der Waals surface area contributed by atoms with Crippen molar-refractivity contribution >= 4 is 15.9 Å². The Kier molecular flexibility index (Phi) is 3.72. The Morgan fingerprint density at radius 1 is 1.33 bits per heavy atom. The molecule has 1 heterocycles. The van der Waals surface area contributed by atoms with Crippen LogP contribution in [0.3, 0.4) is 0 Å². The molecule has 2 atom stereocenters. The lowest BCUT2D eigenvalue weighted by molar-refractivity contribution is -0.319. The largest absolute Gasteiger partial charge is 0.482 e. The van der Waals surface area contributed by atoms with Gasteiger partial charge in [0.1, 0.15) is 5.75 Å². The predicted molar refractivity (Wildman–Crippen MR) is 73.8 cm³/mol. The summed E-state index contributed by atoms with van der Waals surface area (Å²) >= 11 is 3.44. The summed E-state index contributed by atoms with van der Waals surface area (Å²) in [6, 6.07) is 7.79. The molecule has 0 saturated carbocycles. The number of ether oxygens (including phenoxy) is 3. The van der Waals surface area contributed by atoms with E-state index in [1.165, 1.54) is 0 Å². The summed E-state index contributed by atoms with van der Waals surface area (Å²) in [4.78, 5) is 0. The smallest absolute Gasteiger partial charge is 0.163 e. The minimum Gasteiger partial charge on any atom is -0.482 e. The van der Waals surface area contributed by atoms with Gasteiger partial charge in [-0.15, -0.1) is 0 Å². The number of rotatable bonds is 2. The Balaban J connectivity index is 2.13. The normalized spacial score (nSPS) is 31.1. The van der Waals surface area contributed by atoms with Gasteiger partial charge in [0, 0.05) is 4.47 Å². The van der Waals surface area contributed by atoms with E-state index < -0.39 is 11.4 Å².